The van der Waals surface area contributed by atoms with Gasteiger partial charge in [-0.15, -0.1) is 10.2 Å². The summed E-state index contributed by atoms with van der Waals surface area (Å²) >= 11 is 1.48. The van der Waals surface area contributed by atoms with Crippen molar-refractivity contribution in [3.8, 4) is 11.4 Å². The van der Waals surface area contributed by atoms with Crippen LogP contribution in [0.15, 0.2) is 29.4 Å². The number of hydrogen-bond donors (Lipinski definition) is 0. The molecule has 3 rings (SSSR count). The highest BCUT2D eigenvalue weighted by molar-refractivity contribution is 8.00. The predicted molar refractivity (Wildman–Crippen MR) is 92.3 cm³/mol. The summed E-state index contributed by atoms with van der Waals surface area (Å²) in [6, 6.07) is 8.23. The van der Waals surface area contributed by atoms with Crippen molar-refractivity contribution < 1.29 is 4.79 Å². The van der Waals surface area contributed by atoms with Crippen LogP contribution in [-0.4, -0.2) is 43.9 Å². The number of rotatable bonds is 4. The van der Waals surface area contributed by atoms with E-state index >= 15 is 0 Å². The Morgan fingerprint density at radius 3 is 2.48 bits per heavy atom. The van der Waals surface area contributed by atoms with E-state index in [1.807, 2.05) is 35.6 Å². The number of benzene rings is 1. The third-order valence-electron chi connectivity index (χ3n) is 4.19. The van der Waals surface area contributed by atoms with Crippen LogP contribution in [-0.2, 0) is 11.8 Å². The summed E-state index contributed by atoms with van der Waals surface area (Å²) < 4.78 is 1.96. The molecule has 1 aliphatic rings. The smallest absolute Gasteiger partial charge is 0.235 e. The molecule has 0 spiro atoms. The summed E-state index contributed by atoms with van der Waals surface area (Å²) in [5, 5.41) is 9.20. The molecule has 23 heavy (non-hydrogen) atoms. The van der Waals surface area contributed by atoms with Crippen LogP contribution in [0.2, 0.25) is 0 Å². The summed E-state index contributed by atoms with van der Waals surface area (Å²) in [6.07, 6.45) is 2.23. The molecule has 6 heteroatoms. The normalized spacial score (nSPS) is 15.9. The van der Waals surface area contributed by atoms with Gasteiger partial charge in [0, 0.05) is 25.7 Å². The minimum absolute atomic E-state index is 0.137. The lowest BCUT2D eigenvalue weighted by Crippen LogP contribution is -2.34. The molecule has 1 aromatic carbocycles. The molecule has 1 saturated heterocycles. The number of aromatic nitrogens is 3. The number of thioether (sulfide) groups is 1. The van der Waals surface area contributed by atoms with Crippen molar-refractivity contribution in [1.82, 2.24) is 19.7 Å². The molecule has 1 aromatic heterocycles. The molecule has 0 radical (unpaired) electrons. The summed E-state index contributed by atoms with van der Waals surface area (Å²) in [5.74, 6) is 1.03. The zero-order valence-corrected chi connectivity index (χ0v) is 14.6. The highest BCUT2D eigenvalue weighted by Crippen LogP contribution is 2.27. The second kappa shape index (κ2) is 6.74. The first-order valence-corrected chi connectivity index (χ1v) is 8.86. The fraction of sp³-hybridized carbons (Fsp3) is 0.471. The second-order valence-electron chi connectivity index (χ2n) is 6.02. The average molecular weight is 330 g/mol. The second-order valence-corrected chi connectivity index (χ2v) is 7.33. The topological polar surface area (TPSA) is 51.0 Å². The lowest BCUT2D eigenvalue weighted by molar-refractivity contribution is -0.129. The first-order valence-electron chi connectivity index (χ1n) is 7.98. The van der Waals surface area contributed by atoms with E-state index in [-0.39, 0.29) is 11.2 Å². The molecule has 2 heterocycles. The lowest BCUT2D eigenvalue weighted by atomic mass is 10.1. The van der Waals surface area contributed by atoms with Gasteiger partial charge in [0.25, 0.3) is 0 Å². The van der Waals surface area contributed by atoms with Crippen molar-refractivity contribution >= 4 is 17.7 Å². The van der Waals surface area contributed by atoms with E-state index in [0.717, 1.165) is 42.5 Å². The molecular formula is C17H22N4OS. The Bertz CT molecular complexity index is 689. The quantitative estimate of drug-likeness (QED) is 0.809. The number of nitrogens with zero attached hydrogens (tertiary/aromatic N) is 4. The van der Waals surface area contributed by atoms with Crippen LogP contribution in [0.1, 0.15) is 25.3 Å². The third-order valence-corrected chi connectivity index (χ3v) is 5.31. The Morgan fingerprint density at radius 1 is 1.17 bits per heavy atom. The monoisotopic (exact) mass is 330 g/mol. The van der Waals surface area contributed by atoms with Gasteiger partial charge in [-0.25, -0.2) is 0 Å². The standard InChI is InChI=1S/C17H22N4OS/c1-12-6-8-14(9-7-12)15-18-19-17(20(15)3)23-13(2)16(22)21-10-4-5-11-21/h6-9,13H,4-5,10-11H2,1-3H3. The van der Waals surface area contributed by atoms with Crippen LogP contribution in [0, 0.1) is 6.92 Å². The molecule has 2 aromatic rings. The van der Waals surface area contributed by atoms with Crippen LogP contribution >= 0.6 is 11.8 Å². The van der Waals surface area contributed by atoms with Crippen molar-refractivity contribution in [3.63, 3.8) is 0 Å². The molecule has 0 bridgehead atoms. The van der Waals surface area contributed by atoms with Crippen LogP contribution < -0.4 is 0 Å². The molecule has 1 aliphatic heterocycles. The van der Waals surface area contributed by atoms with Gasteiger partial charge in [-0.3, -0.25) is 4.79 Å². The third kappa shape index (κ3) is 3.42. The van der Waals surface area contributed by atoms with Gasteiger partial charge in [0.05, 0.1) is 5.25 Å². The van der Waals surface area contributed by atoms with Crippen LogP contribution in [0.4, 0.5) is 0 Å². The zero-order valence-electron chi connectivity index (χ0n) is 13.8. The number of hydrogen-bond acceptors (Lipinski definition) is 4. The highest BCUT2D eigenvalue weighted by atomic mass is 32.2. The predicted octanol–water partition coefficient (Wildman–Crippen LogP) is 2.89. The van der Waals surface area contributed by atoms with E-state index in [0.29, 0.717) is 0 Å². The molecule has 1 unspecified atom stereocenters. The summed E-state index contributed by atoms with van der Waals surface area (Å²) in [6.45, 7) is 5.78. The number of likely N-dealkylation sites (tertiary alicyclic amines) is 1. The number of aryl methyl sites for hydroxylation is 1. The molecule has 0 aliphatic carbocycles. The van der Waals surface area contributed by atoms with E-state index in [4.69, 9.17) is 0 Å². The van der Waals surface area contributed by atoms with E-state index in [1.165, 1.54) is 17.3 Å². The fourth-order valence-electron chi connectivity index (χ4n) is 2.77. The van der Waals surface area contributed by atoms with Gasteiger partial charge < -0.3 is 9.47 Å². The molecule has 1 fully saturated rings. The van der Waals surface area contributed by atoms with Crippen molar-refractivity contribution in [2.45, 2.75) is 37.1 Å². The van der Waals surface area contributed by atoms with Crippen LogP contribution in [0.3, 0.4) is 0 Å². The van der Waals surface area contributed by atoms with E-state index in [2.05, 4.69) is 29.3 Å². The number of carbonyl (C=O) groups excluding carboxylic acids is 1. The van der Waals surface area contributed by atoms with E-state index in [1.54, 1.807) is 0 Å². The van der Waals surface area contributed by atoms with Crippen molar-refractivity contribution in [2.24, 2.45) is 7.05 Å². The molecule has 1 amide bonds. The zero-order chi connectivity index (χ0) is 16.4. The summed E-state index contributed by atoms with van der Waals surface area (Å²) in [5.41, 5.74) is 2.26. The Labute approximate surface area is 141 Å². The minimum Gasteiger partial charge on any atom is -0.342 e. The van der Waals surface area contributed by atoms with Gasteiger partial charge in [0.2, 0.25) is 5.91 Å². The van der Waals surface area contributed by atoms with Crippen molar-refractivity contribution in [3.05, 3.63) is 29.8 Å². The van der Waals surface area contributed by atoms with Gasteiger partial charge in [-0.05, 0) is 26.7 Å². The summed E-state index contributed by atoms with van der Waals surface area (Å²) in [4.78, 5) is 14.4. The molecule has 5 nitrogen and oxygen atoms in total. The van der Waals surface area contributed by atoms with E-state index in [9.17, 15) is 4.79 Å². The van der Waals surface area contributed by atoms with Gasteiger partial charge in [-0.2, -0.15) is 0 Å². The average Bonchev–Trinajstić information content (AvgIpc) is 3.19. The Hall–Kier alpha value is -1.82. The minimum atomic E-state index is -0.137. The fourth-order valence-corrected chi connectivity index (χ4v) is 3.67. The maximum Gasteiger partial charge on any atom is 0.235 e. The highest BCUT2D eigenvalue weighted by Gasteiger charge is 2.25. The molecule has 1 atom stereocenters. The largest absolute Gasteiger partial charge is 0.342 e. The van der Waals surface area contributed by atoms with E-state index < -0.39 is 0 Å². The first kappa shape index (κ1) is 16.1. The van der Waals surface area contributed by atoms with Gasteiger partial charge in [0.15, 0.2) is 11.0 Å². The molecule has 0 saturated carbocycles. The maximum absolute atomic E-state index is 12.4. The Kier molecular flexibility index (Phi) is 4.71. The molecule has 0 N–H and O–H groups in total. The first-order chi connectivity index (χ1) is 11.1. The summed E-state index contributed by atoms with van der Waals surface area (Å²) in [7, 11) is 1.95. The SMILES string of the molecule is Cc1ccc(-c2nnc(SC(C)C(=O)N3CCCC3)n2C)cc1. The Balaban J connectivity index is 1.74. The molecular weight excluding hydrogens is 308 g/mol. The van der Waals surface area contributed by atoms with Gasteiger partial charge in [0.1, 0.15) is 0 Å². The van der Waals surface area contributed by atoms with Gasteiger partial charge >= 0.3 is 0 Å². The van der Waals surface area contributed by atoms with Crippen LogP contribution in [0.5, 0.6) is 0 Å². The van der Waals surface area contributed by atoms with Gasteiger partial charge in [-0.1, -0.05) is 41.6 Å². The molecule has 122 valence electrons. The Morgan fingerprint density at radius 2 is 1.83 bits per heavy atom. The number of carbonyl (C=O) groups is 1. The van der Waals surface area contributed by atoms with Crippen molar-refractivity contribution in [2.75, 3.05) is 13.1 Å². The maximum atomic E-state index is 12.4. The number of amides is 1. The van der Waals surface area contributed by atoms with Crippen LogP contribution in [0.25, 0.3) is 11.4 Å². The lowest BCUT2D eigenvalue weighted by Gasteiger charge is -2.19. The van der Waals surface area contributed by atoms with Crippen molar-refractivity contribution in [1.29, 1.82) is 0 Å².